The molecule has 0 bridgehead atoms. The van der Waals surface area contributed by atoms with Crippen molar-refractivity contribution >= 4 is 0 Å². The molecule has 0 saturated carbocycles. The van der Waals surface area contributed by atoms with Crippen LogP contribution in [0.5, 0.6) is 0 Å². The summed E-state index contributed by atoms with van der Waals surface area (Å²) in [4.78, 5) is 4.43. The minimum absolute atomic E-state index is 0.687. The molecule has 16 heavy (non-hydrogen) atoms. The largest absolute Gasteiger partial charge is 0.444 e. The number of benzene rings is 1. The quantitative estimate of drug-likeness (QED) is 0.854. The van der Waals surface area contributed by atoms with Crippen LogP contribution >= 0.6 is 0 Å². The molecule has 0 spiro atoms. The first kappa shape index (κ1) is 10.9. The first-order valence-corrected chi connectivity index (χ1v) is 5.51. The van der Waals surface area contributed by atoms with Crippen molar-refractivity contribution in [1.82, 2.24) is 4.98 Å². The Labute approximate surface area is 95.3 Å². The Morgan fingerprint density at radius 2 is 2.00 bits per heavy atom. The van der Waals surface area contributed by atoms with Crippen molar-refractivity contribution in [3.63, 3.8) is 0 Å². The van der Waals surface area contributed by atoms with Gasteiger partial charge >= 0.3 is 0 Å². The van der Waals surface area contributed by atoms with Gasteiger partial charge in [0.2, 0.25) is 5.89 Å². The van der Waals surface area contributed by atoms with Gasteiger partial charge in [0.25, 0.3) is 0 Å². The maximum atomic E-state index is 5.45. The zero-order valence-electron chi connectivity index (χ0n) is 9.44. The molecule has 0 amide bonds. The van der Waals surface area contributed by atoms with E-state index in [1.807, 2.05) is 12.1 Å². The fourth-order valence-corrected chi connectivity index (χ4v) is 1.53. The lowest BCUT2D eigenvalue weighted by atomic mass is 10.1. The van der Waals surface area contributed by atoms with E-state index in [1.165, 1.54) is 5.56 Å². The van der Waals surface area contributed by atoms with Crippen LogP contribution in [0.2, 0.25) is 0 Å². The predicted molar refractivity (Wildman–Crippen MR) is 64.1 cm³/mol. The maximum absolute atomic E-state index is 5.45. The highest BCUT2D eigenvalue weighted by atomic mass is 16.3. The molecule has 2 rings (SSSR count). The van der Waals surface area contributed by atoms with Crippen molar-refractivity contribution in [1.29, 1.82) is 0 Å². The zero-order valence-corrected chi connectivity index (χ0v) is 9.44. The molecule has 1 aromatic heterocycles. The summed E-state index contributed by atoms with van der Waals surface area (Å²) in [7, 11) is 0. The number of oxazole rings is 1. The monoisotopic (exact) mass is 216 g/mol. The van der Waals surface area contributed by atoms with Gasteiger partial charge in [-0.2, -0.15) is 0 Å². The molecule has 3 nitrogen and oxygen atoms in total. The van der Waals surface area contributed by atoms with Crippen LogP contribution in [-0.4, -0.2) is 11.5 Å². The Bertz CT molecular complexity index is 445. The lowest BCUT2D eigenvalue weighted by molar-refractivity contribution is 0.572. The minimum atomic E-state index is 0.687. The van der Waals surface area contributed by atoms with Gasteiger partial charge in [0.1, 0.15) is 6.26 Å². The third-order valence-corrected chi connectivity index (χ3v) is 2.49. The van der Waals surface area contributed by atoms with E-state index in [-0.39, 0.29) is 0 Å². The van der Waals surface area contributed by atoms with Crippen molar-refractivity contribution in [2.75, 3.05) is 6.54 Å². The van der Waals surface area contributed by atoms with E-state index in [9.17, 15) is 0 Å². The third kappa shape index (κ3) is 2.49. The standard InChI is InChI=1S/C13H16N2O/c1-10-4-6-11(7-5-10)13-15-12(9-16-13)3-2-8-14/h4-7,9H,2-3,8,14H2,1H3. The molecule has 0 aliphatic rings. The maximum Gasteiger partial charge on any atom is 0.226 e. The van der Waals surface area contributed by atoms with Crippen LogP contribution in [0.15, 0.2) is 34.9 Å². The van der Waals surface area contributed by atoms with E-state index < -0.39 is 0 Å². The van der Waals surface area contributed by atoms with Crippen LogP contribution in [0.1, 0.15) is 17.7 Å². The normalized spacial score (nSPS) is 10.6. The average Bonchev–Trinajstić information content (AvgIpc) is 2.76. The van der Waals surface area contributed by atoms with E-state index in [0.29, 0.717) is 12.4 Å². The molecule has 0 radical (unpaired) electrons. The smallest absolute Gasteiger partial charge is 0.226 e. The Morgan fingerprint density at radius 3 is 2.69 bits per heavy atom. The highest BCUT2D eigenvalue weighted by Crippen LogP contribution is 2.19. The summed E-state index contributed by atoms with van der Waals surface area (Å²) in [5, 5.41) is 0. The lowest BCUT2D eigenvalue weighted by Crippen LogP contribution is -2.00. The van der Waals surface area contributed by atoms with Gasteiger partial charge < -0.3 is 10.2 Å². The molecular formula is C13H16N2O. The van der Waals surface area contributed by atoms with Crippen LogP contribution in [0.4, 0.5) is 0 Å². The number of hydrogen-bond donors (Lipinski definition) is 1. The molecule has 0 aliphatic carbocycles. The summed E-state index contributed by atoms with van der Waals surface area (Å²) in [6.07, 6.45) is 3.54. The zero-order chi connectivity index (χ0) is 11.4. The molecule has 2 aromatic rings. The SMILES string of the molecule is Cc1ccc(-c2nc(CCCN)co2)cc1. The van der Waals surface area contributed by atoms with Gasteiger partial charge in [0.05, 0.1) is 5.69 Å². The highest BCUT2D eigenvalue weighted by molar-refractivity contribution is 5.53. The summed E-state index contributed by atoms with van der Waals surface area (Å²) in [6, 6.07) is 8.15. The highest BCUT2D eigenvalue weighted by Gasteiger charge is 2.05. The molecule has 0 fully saturated rings. The first-order valence-electron chi connectivity index (χ1n) is 5.51. The van der Waals surface area contributed by atoms with E-state index in [2.05, 4.69) is 24.0 Å². The van der Waals surface area contributed by atoms with Gasteiger partial charge in [-0.3, -0.25) is 0 Å². The molecule has 3 heteroatoms. The van der Waals surface area contributed by atoms with Crippen LogP contribution < -0.4 is 5.73 Å². The summed E-state index contributed by atoms with van der Waals surface area (Å²) >= 11 is 0. The topological polar surface area (TPSA) is 52.0 Å². The van der Waals surface area contributed by atoms with Gasteiger partial charge in [0, 0.05) is 5.56 Å². The molecule has 1 aromatic carbocycles. The molecule has 0 unspecified atom stereocenters. The van der Waals surface area contributed by atoms with Gasteiger partial charge in [-0.05, 0) is 38.4 Å². The third-order valence-electron chi connectivity index (χ3n) is 2.49. The number of nitrogens with two attached hydrogens (primary N) is 1. The molecule has 0 atom stereocenters. The number of aromatic nitrogens is 1. The molecule has 2 N–H and O–H groups in total. The van der Waals surface area contributed by atoms with Gasteiger partial charge in [-0.1, -0.05) is 17.7 Å². The van der Waals surface area contributed by atoms with Crippen LogP contribution in [-0.2, 0) is 6.42 Å². The summed E-state index contributed by atoms with van der Waals surface area (Å²) in [5.74, 6) is 0.687. The Kier molecular flexibility index (Phi) is 3.37. The van der Waals surface area contributed by atoms with Crippen molar-refractivity contribution in [3.8, 4) is 11.5 Å². The van der Waals surface area contributed by atoms with Crippen molar-refractivity contribution in [2.24, 2.45) is 5.73 Å². The van der Waals surface area contributed by atoms with E-state index in [4.69, 9.17) is 10.2 Å². The number of hydrogen-bond acceptors (Lipinski definition) is 3. The van der Waals surface area contributed by atoms with Gasteiger partial charge in [-0.25, -0.2) is 4.98 Å². The van der Waals surface area contributed by atoms with E-state index >= 15 is 0 Å². The number of nitrogens with zero attached hydrogens (tertiary/aromatic N) is 1. The van der Waals surface area contributed by atoms with Gasteiger partial charge in [-0.15, -0.1) is 0 Å². The van der Waals surface area contributed by atoms with Crippen LogP contribution in [0.3, 0.4) is 0 Å². The first-order chi connectivity index (χ1) is 7.79. The van der Waals surface area contributed by atoms with Crippen LogP contribution in [0.25, 0.3) is 11.5 Å². The Morgan fingerprint density at radius 1 is 1.25 bits per heavy atom. The second-order valence-electron chi connectivity index (χ2n) is 3.90. The summed E-state index contributed by atoms with van der Waals surface area (Å²) in [5.41, 5.74) is 8.68. The Balaban J connectivity index is 2.15. The molecule has 84 valence electrons. The molecular weight excluding hydrogens is 200 g/mol. The van der Waals surface area contributed by atoms with Crippen molar-refractivity contribution in [3.05, 3.63) is 41.8 Å². The van der Waals surface area contributed by atoms with Crippen LogP contribution in [0, 0.1) is 6.92 Å². The summed E-state index contributed by atoms with van der Waals surface area (Å²) in [6.45, 7) is 2.75. The molecule has 1 heterocycles. The lowest BCUT2D eigenvalue weighted by Gasteiger charge is -1.95. The van der Waals surface area contributed by atoms with E-state index in [0.717, 1.165) is 24.1 Å². The number of rotatable bonds is 4. The van der Waals surface area contributed by atoms with Gasteiger partial charge in [0.15, 0.2) is 0 Å². The second-order valence-corrected chi connectivity index (χ2v) is 3.90. The van der Waals surface area contributed by atoms with E-state index in [1.54, 1.807) is 6.26 Å². The van der Waals surface area contributed by atoms with Crippen molar-refractivity contribution < 1.29 is 4.42 Å². The predicted octanol–water partition coefficient (Wildman–Crippen LogP) is 2.54. The fraction of sp³-hybridized carbons (Fsp3) is 0.308. The molecule has 0 saturated heterocycles. The van der Waals surface area contributed by atoms with Crippen molar-refractivity contribution in [2.45, 2.75) is 19.8 Å². The molecule has 0 aliphatic heterocycles. The number of aryl methyl sites for hydroxylation is 2. The fourth-order valence-electron chi connectivity index (χ4n) is 1.53. The average molecular weight is 216 g/mol. The second kappa shape index (κ2) is 4.94. The minimum Gasteiger partial charge on any atom is -0.444 e. The Hall–Kier alpha value is -1.61. The summed E-state index contributed by atoms with van der Waals surface area (Å²) < 4.78 is 5.44.